The van der Waals surface area contributed by atoms with Crippen molar-refractivity contribution in [2.75, 3.05) is 6.61 Å². The molecule has 0 aliphatic heterocycles. The topological polar surface area (TPSA) is 117 Å². The molecule has 0 aliphatic carbocycles. The monoisotopic (exact) mass is 290 g/mol. The molecule has 0 saturated heterocycles. The molecule has 0 fully saturated rings. The number of imidazole rings is 1. The first-order valence-electron chi connectivity index (χ1n) is 6.20. The van der Waals surface area contributed by atoms with E-state index in [2.05, 4.69) is 15.3 Å². The summed E-state index contributed by atoms with van der Waals surface area (Å²) in [5.41, 5.74) is 0.239. The molecule has 2 rings (SSSR count). The molecule has 0 radical (unpaired) electrons. The first-order chi connectivity index (χ1) is 10.1. The van der Waals surface area contributed by atoms with Crippen molar-refractivity contribution < 1.29 is 19.8 Å². The van der Waals surface area contributed by atoms with Crippen LogP contribution in [0.4, 0.5) is 0 Å². The van der Waals surface area contributed by atoms with Crippen molar-refractivity contribution in [2.24, 2.45) is 0 Å². The number of carboxylic acid groups (broad SMARTS) is 1. The molecule has 0 aromatic carbocycles. The molecule has 8 heteroatoms. The van der Waals surface area contributed by atoms with E-state index in [9.17, 15) is 9.59 Å². The third-order valence-electron chi connectivity index (χ3n) is 2.80. The lowest BCUT2D eigenvalue weighted by Gasteiger charge is -2.13. The number of hydrogen-bond donors (Lipinski definition) is 3. The minimum atomic E-state index is -1.19. The van der Waals surface area contributed by atoms with Gasteiger partial charge in [0.2, 0.25) is 0 Å². The molecular weight excluding hydrogens is 276 g/mol. The van der Waals surface area contributed by atoms with E-state index in [1.54, 1.807) is 29.4 Å². The van der Waals surface area contributed by atoms with Gasteiger partial charge in [0.1, 0.15) is 18.2 Å². The van der Waals surface area contributed by atoms with Gasteiger partial charge in [-0.15, -0.1) is 0 Å². The lowest BCUT2D eigenvalue weighted by molar-refractivity contribution is -0.139. The molecule has 1 amide bonds. The van der Waals surface area contributed by atoms with Crippen LogP contribution in [-0.2, 0) is 4.79 Å². The van der Waals surface area contributed by atoms with Crippen molar-refractivity contribution in [3.8, 4) is 5.82 Å². The standard InChI is InChI=1S/C13H14N4O4/c18-6-3-10(13(20)21)16-12(19)9-1-2-11(15-7-9)17-5-4-14-8-17/h1-2,4-5,7-8,10,18H,3,6H2,(H,16,19)(H,20,21)/t10-/m0/s1. The van der Waals surface area contributed by atoms with Gasteiger partial charge in [-0.3, -0.25) is 9.36 Å². The molecule has 2 aromatic rings. The van der Waals surface area contributed by atoms with Crippen LogP contribution in [0.1, 0.15) is 16.8 Å². The second kappa shape index (κ2) is 6.62. The van der Waals surface area contributed by atoms with Crippen molar-refractivity contribution in [3.05, 3.63) is 42.6 Å². The third-order valence-corrected chi connectivity index (χ3v) is 2.80. The van der Waals surface area contributed by atoms with Crippen LogP contribution in [0.5, 0.6) is 0 Å². The molecule has 0 spiro atoms. The Morgan fingerprint density at radius 1 is 1.38 bits per heavy atom. The average molecular weight is 290 g/mol. The van der Waals surface area contributed by atoms with Gasteiger partial charge in [-0.25, -0.2) is 14.8 Å². The molecule has 2 heterocycles. The summed E-state index contributed by atoms with van der Waals surface area (Å²) in [5.74, 6) is -1.16. The highest BCUT2D eigenvalue weighted by molar-refractivity contribution is 5.96. The van der Waals surface area contributed by atoms with Crippen molar-refractivity contribution >= 4 is 11.9 Å². The highest BCUT2D eigenvalue weighted by Crippen LogP contribution is 2.06. The molecule has 110 valence electrons. The van der Waals surface area contributed by atoms with E-state index in [0.29, 0.717) is 5.82 Å². The van der Waals surface area contributed by atoms with E-state index in [-0.39, 0.29) is 18.6 Å². The Morgan fingerprint density at radius 2 is 2.19 bits per heavy atom. The van der Waals surface area contributed by atoms with Crippen molar-refractivity contribution in [3.63, 3.8) is 0 Å². The zero-order valence-electron chi connectivity index (χ0n) is 11.0. The summed E-state index contributed by atoms with van der Waals surface area (Å²) in [6.45, 7) is -0.324. The Labute approximate surface area is 120 Å². The Balaban J connectivity index is 2.07. The second-order valence-electron chi connectivity index (χ2n) is 4.25. The Bertz CT molecular complexity index is 610. The molecule has 8 nitrogen and oxygen atoms in total. The van der Waals surface area contributed by atoms with E-state index >= 15 is 0 Å². The highest BCUT2D eigenvalue weighted by atomic mass is 16.4. The smallest absolute Gasteiger partial charge is 0.326 e. The molecule has 0 unspecified atom stereocenters. The molecule has 0 aliphatic rings. The predicted molar refractivity (Wildman–Crippen MR) is 72.0 cm³/mol. The van der Waals surface area contributed by atoms with Gasteiger partial charge >= 0.3 is 5.97 Å². The fraction of sp³-hybridized carbons (Fsp3) is 0.231. The summed E-state index contributed by atoms with van der Waals surface area (Å²) in [4.78, 5) is 30.8. The van der Waals surface area contributed by atoms with Crippen LogP contribution in [0.25, 0.3) is 5.82 Å². The number of aromatic nitrogens is 3. The summed E-state index contributed by atoms with van der Waals surface area (Å²) in [7, 11) is 0. The van der Waals surface area contributed by atoms with Crippen LogP contribution in [0.15, 0.2) is 37.1 Å². The second-order valence-corrected chi connectivity index (χ2v) is 4.25. The summed E-state index contributed by atoms with van der Waals surface area (Å²) in [6.07, 6.45) is 6.19. The van der Waals surface area contributed by atoms with Crippen LogP contribution in [-0.4, -0.2) is 49.3 Å². The van der Waals surface area contributed by atoms with E-state index in [1.165, 1.54) is 12.3 Å². The Morgan fingerprint density at radius 3 is 2.71 bits per heavy atom. The number of rotatable bonds is 6. The van der Waals surface area contributed by atoms with Crippen LogP contribution in [0, 0.1) is 0 Å². The molecule has 0 bridgehead atoms. The van der Waals surface area contributed by atoms with Gasteiger partial charge < -0.3 is 15.5 Å². The number of aliphatic hydroxyl groups excluding tert-OH is 1. The van der Waals surface area contributed by atoms with Crippen molar-refractivity contribution in [1.82, 2.24) is 19.9 Å². The van der Waals surface area contributed by atoms with Crippen LogP contribution in [0.3, 0.4) is 0 Å². The van der Waals surface area contributed by atoms with Crippen molar-refractivity contribution in [1.29, 1.82) is 0 Å². The van der Waals surface area contributed by atoms with E-state index in [0.717, 1.165) is 0 Å². The summed E-state index contributed by atoms with van der Waals surface area (Å²) in [6, 6.07) is 2.03. The maximum Gasteiger partial charge on any atom is 0.326 e. The van der Waals surface area contributed by atoms with Gasteiger partial charge in [-0.05, 0) is 12.1 Å². The normalized spacial score (nSPS) is 11.9. The maximum absolute atomic E-state index is 11.9. The Kier molecular flexibility index (Phi) is 4.62. The third kappa shape index (κ3) is 3.63. The molecule has 21 heavy (non-hydrogen) atoms. The number of pyridine rings is 1. The number of amides is 1. The van der Waals surface area contributed by atoms with Gasteiger partial charge in [0, 0.05) is 31.6 Å². The molecule has 2 aromatic heterocycles. The fourth-order valence-electron chi connectivity index (χ4n) is 1.70. The highest BCUT2D eigenvalue weighted by Gasteiger charge is 2.20. The number of carboxylic acids is 1. The minimum Gasteiger partial charge on any atom is -0.480 e. The van der Waals surface area contributed by atoms with E-state index in [4.69, 9.17) is 10.2 Å². The van der Waals surface area contributed by atoms with Gasteiger partial charge in [0.15, 0.2) is 0 Å². The number of nitrogens with one attached hydrogen (secondary N) is 1. The van der Waals surface area contributed by atoms with Gasteiger partial charge in [0.25, 0.3) is 5.91 Å². The van der Waals surface area contributed by atoms with Crippen LogP contribution >= 0.6 is 0 Å². The SMILES string of the molecule is O=C(N[C@@H](CCO)C(=O)O)c1ccc(-n2ccnc2)nc1. The van der Waals surface area contributed by atoms with Crippen LogP contribution in [0.2, 0.25) is 0 Å². The Hall–Kier alpha value is -2.74. The number of hydrogen-bond acceptors (Lipinski definition) is 5. The fourth-order valence-corrected chi connectivity index (χ4v) is 1.70. The lowest BCUT2D eigenvalue weighted by atomic mass is 10.2. The van der Waals surface area contributed by atoms with Gasteiger partial charge in [0.05, 0.1) is 5.56 Å². The van der Waals surface area contributed by atoms with E-state index in [1.807, 2.05) is 0 Å². The quantitative estimate of drug-likeness (QED) is 0.680. The first-order valence-corrected chi connectivity index (χ1v) is 6.20. The largest absolute Gasteiger partial charge is 0.480 e. The number of carbonyl (C=O) groups excluding carboxylic acids is 1. The summed E-state index contributed by atoms with van der Waals surface area (Å²) in [5, 5.41) is 20.0. The number of aliphatic hydroxyl groups is 1. The molecule has 3 N–H and O–H groups in total. The molecule has 1 atom stereocenters. The summed E-state index contributed by atoms with van der Waals surface area (Å²) >= 11 is 0. The number of carbonyl (C=O) groups is 2. The lowest BCUT2D eigenvalue weighted by Crippen LogP contribution is -2.41. The maximum atomic E-state index is 11.9. The number of aliphatic carboxylic acids is 1. The minimum absolute atomic E-state index is 0.0539. The van der Waals surface area contributed by atoms with Gasteiger partial charge in [-0.2, -0.15) is 0 Å². The van der Waals surface area contributed by atoms with Crippen molar-refractivity contribution in [2.45, 2.75) is 12.5 Å². The predicted octanol–water partition coefficient (Wildman–Crippen LogP) is -0.167. The molecular formula is C13H14N4O4. The van der Waals surface area contributed by atoms with E-state index < -0.39 is 17.9 Å². The zero-order chi connectivity index (χ0) is 15.2. The summed E-state index contributed by atoms with van der Waals surface area (Å²) < 4.78 is 1.67. The van der Waals surface area contributed by atoms with Crippen LogP contribution < -0.4 is 5.32 Å². The number of nitrogens with zero attached hydrogens (tertiary/aromatic N) is 3. The van der Waals surface area contributed by atoms with Gasteiger partial charge in [-0.1, -0.05) is 0 Å². The average Bonchev–Trinajstić information content (AvgIpc) is 3.01. The first kappa shape index (κ1) is 14.7. The zero-order valence-corrected chi connectivity index (χ0v) is 11.0. The molecule has 0 saturated carbocycles.